The summed E-state index contributed by atoms with van der Waals surface area (Å²) in [6.45, 7) is 4.23. The first-order valence-corrected chi connectivity index (χ1v) is 6.25. The number of pyridine rings is 1. The Morgan fingerprint density at radius 2 is 1.79 bits per heavy atom. The molecule has 0 fully saturated rings. The van der Waals surface area contributed by atoms with Crippen LogP contribution in [0.4, 0.5) is 17.3 Å². The molecule has 2 aromatic rings. The molecule has 0 aliphatic carbocycles. The largest absolute Gasteiger partial charge is 0.384 e. The van der Waals surface area contributed by atoms with E-state index in [0.717, 1.165) is 23.5 Å². The van der Waals surface area contributed by atoms with Crippen molar-refractivity contribution < 1.29 is 0 Å². The number of rotatable bonds is 2. The van der Waals surface area contributed by atoms with Crippen LogP contribution in [0.3, 0.4) is 0 Å². The fraction of sp³-hybridized carbons (Fsp3) is 0.214. The predicted octanol–water partition coefficient (Wildman–Crippen LogP) is 2.13. The summed E-state index contributed by atoms with van der Waals surface area (Å²) in [6, 6.07) is 8.49. The highest BCUT2D eigenvalue weighted by molar-refractivity contribution is 5.74. The summed E-state index contributed by atoms with van der Waals surface area (Å²) in [6.07, 6.45) is 0.827. The van der Waals surface area contributed by atoms with E-state index in [1.54, 1.807) is 0 Å². The summed E-state index contributed by atoms with van der Waals surface area (Å²) >= 11 is 0. The number of hydrogen-bond acceptors (Lipinski definition) is 5. The normalized spacial score (nSPS) is 12.7. The second-order valence-electron chi connectivity index (χ2n) is 4.98. The van der Waals surface area contributed by atoms with Gasteiger partial charge in [0.2, 0.25) is 0 Å². The fourth-order valence-electron chi connectivity index (χ4n) is 2.53. The first-order chi connectivity index (χ1) is 9.11. The number of fused-ring (bicyclic) bond motifs is 1. The number of aryl methyl sites for hydroxylation is 2. The molecule has 1 aromatic heterocycles. The van der Waals surface area contributed by atoms with E-state index in [1.165, 1.54) is 16.7 Å². The SMILES string of the molecule is Cc1cc(C)cc(Cc2cc(N)nc3c2NNN3)c1. The van der Waals surface area contributed by atoms with Crippen molar-refractivity contribution in [3.8, 4) is 0 Å². The number of nitrogens with one attached hydrogen (secondary N) is 3. The lowest BCUT2D eigenvalue weighted by Crippen LogP contribution is -2.19. The highest BCUT2D eigenvalue weighted by atomic mass is 15.6. The number of hydrogen-bond donors (Lipinski definition) is 4. The van der Waals surface area contributed by atoms with E-state index in [9.17, 15) is 0 Å². The molecule has 1 aliphatic rings. The van der Waals surface area contributed by atoms with Gasteiger partial charge >= 0.3 is 0 Å². The third kappa shape index (κ3) is 2.32. The Labute approximate surface area is 112 Å². The van der Waals surface area contributed by atoms with Crippen LogP contribution < -0.4 is 22.1 Å². The van der Waals surface area contributed by atoms with Crippen LogP contribution in [0.15, 0.2) is 24.3 Å². The summed E-state index contributed by atoms with van der Waals surface area (Å²) in [5.74, 6) is 1.27. The van der Waals surface area contributed by atoms with Crippen molar-refractivity contribution >= 4 is 17.3 Å². The second kappa shape index (κ2) is 4.44. The highest BCUT2D eigenvalue weighted by Gasteiger charge is 2.16. The van der Waals surface area contributed by atoms with Gasteiger partial charge in [-0.1, -0.05) is 29.3 Å². The number of nitrogen functional groups attached to an aromatic ring is 1. The smallest absolute Gasteiger partial charge is 0.169 e. The fourth-order valence-corrected chi connectivity index (χ4v) is 2.53. The predicted molar refractivity (Wildman–Crippen MR) is 77.8 cm³/mol. The Morgan fingerprint density at radius 3 is 2.53 bits per heavy atom. The van der Waals surface area contributed by atoms with Crippen molar-refractivity contribution in [2.24, 2.45) is 0 Å². The maximum atomic E-state index is 5.84. The van der Waals surface area contributed by atoms with Crippen LogP contribution in [-0.4, -0.2) is 4.98 Å². The maximum absolute atomic E-state index is 5.84. The second-order valence-corrected chi connectivity index (χ2v) is 4.98. The van der Waals surface area contributed by atoms with Gasteiger partial charge < -0.3 is 11.2 Å². The molecule has 3 rings (SSSR count). The van der Waals surface area contributed by atoms with Gasteiger partial charge in [0.05, 0.1) is 5.69 Å². The lowest BCUT2D eigenvalue weighted by molar-refractivity contribution is 0.997. The molecule has 0 radical (unpaired) electrons. The van der Waals surface area contributed by atoms with E-state index >= 15 is 0 Å². The lowest BCUT2D eigenvalue weighted by atomic mass is 10.00. The molecule has 0 spiro atoms. The molecule has 98 valence electrons. The van der Waals surface area contributed by atoms with Gasteiger partial charge in [-0.25, -0.2) is 4.98 Å². The molecule has 5 nitrogen and oxygen atoms in total. The highest BCUT2D eigenvalue weighted by Crippen LogP contribution is 2.30. The maximum Gasteiger partial charge on any atom is 0.169 e. The Kier molecular flexibility index (Phi) is 2.76. The summed E-state index contributed by atoms with van der Waals surface area (Å²) in [5, 5.41) is 0. The summed E-state index contributed by atoms with van der Waals surface area (Å²) in [7, 11) is 0. The third-order valence-corrected chi connectivity index (χ3v) is 3.17. The molecule has 2 heterocycles. The van der Waals surface area contributed by atoms with E-state index in [0.29, 0.717) is 5.82 Å². The van der Waals surface area contributed by atoms with Crippen LogP contribution in [0.5, 0.6) is 0 Å². The van der Waals surface area contributed by atoms with Gasteiger partial charge in [-0.15, -0.1) is 5.53 Å². The Morgan fingerprint density at radius 1 is 1.05 bits per heavy atom. The summed E-state index contributed by atoms with van der Waals surface area (Å²) in [5.41, 5.74) is 20.6. The minimum Gasteiger partial charge on any atom is -0.384 e. The van der Waals surface area contributed by atoms with Crippen molar-refractivity contribution in [1.82, 2.24) is 10.5 Å². The van der Waals surface area contributed by atoms with Crippen molar-refractivity contribution in [3.05, 3.63) is 46.5 Å². The van der Waals surface area contributed by atoms with Crippen molar-refractivity contribution in [1.29, 1.82) is 0 Å². The molecule has 0 unspecified atom stereocenters. The number of hydrazine groups is 2. The van der Waals surface area contributed by atoms with E-state index < -0.39 is 0 Å². The van der Waals surface area contributed by atoms with E-state index in [-0.39, 0.29) is 0 Å². The van der Waals surface area contributed by atoms with E-state index in [4.69, 9.17) is 5.73 Å². The van der Waals surface area contributed by atoms with Gasteiger partial charge in [0.15, 0.2) is 5.82 Å². The van der Waals surface area contributed by atoms with Gasteiger partial charge in [0.1, 0.15) is 5.82 Å². The summed E-state index contributed by atoms with van der Waals surface area (Å²) < 4.78 is 0. The number of nitrogens with zero attached hydrogens (tertiary/aromatic N) is 1. The monoisotopic (exact) mass is 255 g/mol. The average Bonchev–Trinajstić information content (AvgIpc) is 2.75. The number of anilines is 3. The zero-order valence-corrected chi connectivity index (χ0v) is 11.0. The zero-order valence-electron chi connectivity index (χ0n) is 11.0. The Balaban J connectivity index is 1.99. The number of aromatic nitrogens is 1. The van der Waals surface area contributed by atoms with Crippen LogP contribution >= 0.6 is 0 Å². The van der Waals surface area contributed by atoms with E-state index in [1.807, 2.05) is 6.07 Å². The third-order valence-electron chi connectivity index (χ3n) is 3.17. The van der Waals surface area contributed by atoms with Gasteiger partial charge in [-0.2, -0.15) is 0 Å². The lowest BCUT2D eigenvalue weighted by Gasteiger charge is -2.09. The molecule has 1 aliphatic heterocycles. The first kappa shape index (κ1) is 11.8. The molecule has 19 heavy (non-hydrogen) atoms. The molecular weight excluding hydrogens is 238 g/mol. The minimum absolute atomic E-state index is 0.524. The van der Waals surface area contributed by atoms with Crippen LogP contribution in [0, 0.1) is 13.8 Å². The molecule has 0 saturated carbocycles. The summed E-state index contributed by atoms with van der Waals surface area (Å²) in [4.78, 5) is 4.23. The van der Waals surface area contributed by atoms with Gasteiger partial charge in [0.25, 0.3) is 0 Å². The quantitative estimate of drug-likeness (QED) is 0.661. The van der Waals surface area contributed by atoms with Gasteiger partial charge in [0, 0.05) is 0 Å². The topological polar surface area (TPSA) is 75.0 Å². The minimum atomic E-state index is 0.524. The average molecular weight is 255 g/mol. The van der Waals surface area contributed by atoms with Gasteiger partial charge in [-0.05, 0) is 37.5 Å². The molecule has 0 atom stereocenters. The van der Waals surface area contributed by atoms with Crippen LogP contribution in [0.2, 0.25) is 0 Å². The standard InChI is InChI=1S/C14H17N5/c1-8-3-9(2)5-10(4-8)6-11-7-12(15)16-14-13(11)17-19-18-14/h3-5,7,17,19H,6H2,1-2H3,(H3,15,16,18). The Bertz CT molecular complexity index is 616. The molecule has 0 saturated heterocycles. The molecule has 0 bridgehead atoms. The Hall–Kier alpha value is -2.27. The first-order valence-electron chi connectivity index (χ1n) is 6.25. The number of nitrogens with two attached hydrogens (primary N) is 1. The van der Waals surface area contributed by atoms with Crippen molar-refractivity contribution in [3.63, 3.8) is 0 Å². The molecule has 0 amide bonds. The molecular formula is C14H17N5. The molecule has 1 aromatic carbocycles. The van der Waals surface area contributed by atoms with Crippen LogP contribution in [0.1, 0.15) is 22.3 Å². The zero-order chi connectivity index (χ0) is 13.4. The number of benzene rings is 1. The van der Waals surface area contributed by atoms with Crippen LogP contribution in [-0.2, 0) is 6.42 Å². The van der Waals surface area contributed by atoms with Gasteiger partial charge in [-0.3, -0.25) is 5.43 Å². The van der Waals surface area contributed by atoms with E-state index in [2.05, 4.69) is 53.4 Å². The molecule has 5 N–H and O–H groups in total. The molecule has 5 heteroatoms. The van der Waals surface area contributed by atoms with Crippen molar-refractivity contribution in [2.45, 2.75) is 20.3 Å². The van der Waals surface area contributed by atoms with Crippen LogP contribution in [0.25, 0.3) is 0 Å². The van der Waals surface area contributed by atoms with Crippen molar-refractivity contribution in [2.75, 3.05) is 16.6 Å².